The van der Waals surface area contributed by atoms with Crippen LogP contribution in [0.15, 0.2) is 46.9 Å². The van der Waals surface area contributed by atoms with Crippen LogP contribution in [0.25, 0.3) is 0 Å². The average Bonchev–Trinajstić information content (AvgIpc) is 2.68. The van der Waals surface area contributed by atoms with E-state index in [0.717, 1.165) is 17.0 Å². The molecule has 1 heterocycles. The molecule has 0 aromatic heterocycles. The Hall–Kier alpha value is -1.96. The van der Waals surface area contributed by atoms with E-state index in [1.807, 2.05) is 0 Å². The van der Waals surface area contributed by atoms with Gasteiger partial charge in [-0.1, -0.05) is 34.1 Å². The predicted molar refractivity (Wildman–Crippen MR) is 90.5 cm³/mol. The molecule has 26 heavy (non-hydrogen) atoms. The molecule has 1 amide bonds. The SMILES string of the molecule is O=C(c1ccc(Br)cc1C(F)(F)F)N1CCC(F)(F)Cc2ccccc21. The van der Waals surface area contributed by atoms with Gasteiger partial charge in [-0.05, 0) is 29.8 Å². The third-order valence-electron chi connectivity index (χ3n) is 4.20. The number of para-hydroxylation sites is 1. The van der Waals surface area contributed by atoms with E-state index in [4.69, 9.17) is 0 Å². The summed E-state index contributed by atoms with van der Waals surface area (Å²) in [6, 6.07) is 9.24. The van der Waals surface area contributed by atoms with Crippen molar-refractivity contribution in [1.29, 1.82) is 0 Å². The van der Waals surface area contributed by atoms with E-state index in [9.17, 15) is 26.7 Å². The summed E-state index contributed by atoms with van der Waals surface area (Å²) in [5.41, 5.74) is -1.23. The Labute approximate surface area is 154 Å². The van der Waals surface area contributed by atoms with Gasteiger partial charge < -0.3 is 4.90 Å². The molecule has 0 atom stereocenters. The molecule has 0 spiro atoms. The van der Waals surface area contributed by atoms with Crippen LogP contribution in [0.4, 0.5) is 27.6 Å². The van der Waals surface area contributed by atoms with Crippen LogP contribution in [0, 0.1) is 0 Å². The Bertz CT molecular complexity index is 850. The standard InChI is InChI=1S/C18H13BrF5NO/c19-12-5-6-13(14(9-12)18(22,23)24)16(26)25-8-7-17(20,21)10-11-3-1-2-4-15(11)25/h1-6,9H,7-8,10H2. The van der Waals surface area contributed by atoms with E-state index < -0.39 is 42.0 Å². The summed E-state index contributed by atoms with van der Waals surface area (Å²) in [7, 11) is 0. The Kier molecular flexibility index (Phi) is 4.81. The summed E-state index contributed by atoms with van der Waals surface area (Å²) < 4.78 is 68.2. The number of alkyl halides is 5. The van der Waals surface area contributed by atoms with Crippen molar-refractivity contribution in [2.75, 3.05) is 11.4 Å². The van der Waals surface area contributed by atoms with Gasteiger partial charge in [-0.25, -0.2) is 8.78 Å². The van der Waals surface area contributed by atoms with Crippen LogP contribution in [0.5, 0.6) is 0 Å². The first-order chi connectivity index (χ1) is 12.1. The fraction of sp³-hybridized carbons (Fsp3) is 0.278. The number of halogens is 6. The van der Waals surface area contributed by atoms with Crippen molar-refractivity contribution < 1.29 is 26.7 Å². The van der Waals surface area contributed by atoms with Crippen molar-refractivity contribution >= 4 is 27.5 Å². The maximum Gasteiger partial charge on any atom is 0.417 e. The van der Waals surface area contributed by atoms with Gasteiger partial charge in [0, 0.05) is 29.5 Å². The molecule has 3 rings (SSSR count). The molecule has 0 saturated carbocycles. The highest BCUT2D eigenvalue weighted by Crippen LogP contribution is 2.38. The van der Waals surface area contributed by atoms with Gasteiger partial charge in [0.05, 0.1) is 11.1 Å². The van der Waals surface area contributed by atoms with Crippen molar-refractivity contribution in [3.05, 3.63) is 63.6 Å². The van der Waals surface area contributed by atoms with Crippen molar-refractivity contribution in [3.63, 3.8) is 0 Å². The Balaban J connectivity index is 2.09. The summed E-state index contributed by atoms with van der Waals surface area (Å²) in [6.45, 7) is -0.365. The summed E-state index contributed by atoms with van der Waals surface area (Å²) in [5, 5.41) is 0. The predicted octanol–water partition coefficient (Wildman–Crippen LogP) is 5.70. The van der Waals surface area contributed by atoms with Crippen LogP contribution in [0.3, 0.4) is 0 Å². The van der Waals surface area contributed by atoms with E-state index in [0.29, 0.717) is 0 Å². The van der Waals surface area contributed by atoms with Crippen molar-refractivity contribution in [2.24, 2.45) is 0 Å². The zero-order chi connectivity index (χ0) is 19.1. The Morgan fingerprint density at radius 2 is 1.81 bits per heavy atom. The van der Waals surface area contributed by atoms with Crippen LogP contribution >= 0.6 is 15.9 Å². The molecule has 0 N–H and O–H groups in total. The number of benzene rings is 2. The number of hydrogen-bond acceptors (Lipinski definition) is 1. The lowest BCUT2D eigenvalue weighted by molar-refractivity contribution is -0.138. The third kappa shape index (κ3) is 3.75. The molecular weight excluding hydrogens is 421 g/mol. The lowest BCUT2D eigenvalue weighted by Crippen LogP contribution is -2.34. The molecule has 0 saturated heterocycles. The normalized spacial score (nSPS) is 16.8. The van der Waals surface area contributed by atoms with Crippen LogP contribution in [-0.2, 0) is 12.6 Å². The summed E-state index contributed by atoms with van der Waals surface area (Å²) >= 11 is 2.96. The molecule has 2 aromatic rings. The van der Waals surface area contributed by atoms with E-state index >= 15 is 0 Å². The van der Waals surface area contributed by atoms with Crippen molar-refractivity contribution in [1.82, 2.24) is 0 Å². The van der Waals surface area contributed by atoms with Crippen molar-refractivity contribution in [2.45, 2.75) is 24.9 Å². The minimum absolute atomic E-state index is 0.171. The number of nitrogens with zero attached hydrogens (tertiary/aromatic N) is 1. The Morgan fingerprint density at radius 1 is 1.12 bits per heavy atom. The molecule has 2 nitrogen and oxygen atoms in total. The lowest BCUT2D eigenvalue weighted by Gasteiger charge is -2.24. The number of fused-ring (bicyclic) bond motifs is 1. The number of amides is 1. The average molecular weight is 434 g/mol. The van der Waals surface area contributed by atoms with Gasteiger partial charge in [-0.15, -0.1) is 0 Å². The first-order valence-corrected chi connectivity index (χ1v) is 8.52. The van der Waals surface area contributed by atoms with Gasteiger partial charge >= 0.3 is 6.18 Å². The molecule has 138 valence electrons. The van der Waals surface area contributed by atoms with Crippen LogP contribution in [0.2, 0.25) is 0 Å². The topological polar surface area (TPSA) is 20.3 Å². The lowest BCUT2D eigenvalue weighted by atomic mass is 10.0. The van der Waals surface area contributed by atoms with Gasteiger partial charge in [0.1, 0.15) is 0 Å². The monoisotopic (exact) mass is 433 g/mol. The summed E-state index contributed by atoms with van der Waals surface area (Å²) in [4.78, 5) is 13.9. The highest BCUT2D eigenvalue weighted by molar-refractivity contribution is 9.10. The van der Waals surface area contributed by atoms with Gasteiger partial charge in [0.15, 0.2) is 0 Å². The maximum absolute atomic E-state index is 14.0. The van der Waals surface area contributed by atoms with Gasteiger partial charge in [0.25, 0.3) is 11.8 Å². The second kappa shape index (κ2) is 6.64. The Morgan fingerprint density at radius 3 is 2.50 bits per heavy atom. The molecule has 0 bridgehead atoms. The van der Waals surface area contributed by atoms with Gasteiger partial charge in [-0.3, -0.25) is 4.79 Å². The fourth-order valence-electron chi connectivity index (χ4n) is 2.98. The third-order valence-corrected chi connectivity index (χ3v) is 4.69. The molecular formula is C18H13BrF5NO. The second-order valence-electron chi connectivity index (χ2n) is 6.06. The van der Waals surface area contributed by atoms with Gasteiger partial charge in [0.2, 0.25) is 0 Å². The zero-order valence-corrected chi connectivity index (χ0v) is 14.9. The van der Waals surface area contributed by atoms with Crippen LogP contribution < -0.4 is 4.90 Å². The van der Waals surface area contributed by atoms with E-state index in [1.165, 1.54) is 18.2 Å². The number of carbonyl (C=O) groups is 1. The first kappa shape index (κ1) is 18.8. The molecule has 0 fully saturated rings. The zero-order valence-electron chi connectivity index (χ0n) is 13.3. The fourth-order valence-corrected chi connectivity index (χ4v) is 3.34. The minimum Gasteiger partial charge on any atom is -0.308 e. The van der Waals surface area contributed by atoms with Gasteiger partial charge in [-0.2, -0.15) is 13.2 Å². The molecule has 1 aliphatic heterocycles. The van der Waals surface area contributed by atoms with E-state index in [-0.39, 0.29) is 22.3 Å². The highest BCUT2D eigenvalue weighted by Gasteiger charge is 2.40. The number of rotatable bonds is 1. The smallest absolute Gasteiger partial charge is 0.308 e. The number of carbonyl (C=O) groups excluding carboxylic acids is 1. The quantitative estimate of drug-likeness (QED) is 0.528. The molecule has 1 aliphatic rings. The second-order valence-corrected chi connectivity index (χ2v) is 6.97. The first-order valence-electron chi connectivity index (χ1n) is 7.73. The molecule has 0 unspecified atom stereocenters. The summed E-state index contributed by atoms with van der Waals surface area (Å²) in [6.07, 6.45) is -5.92. The molecule has 0 radical (unpaired) electrons. The van der Waals surface area contributed by atoms with E-state index in [1.54, 1.807) is 12.1 Å². The highest BCUT2D eigenvalue weighted by atomic mass is 79.9. The summed E-state index contributed by atoms with van der Waals surface area (Å²) in [5.74, 6) is -3.98. The molecule has 0 aliphatic carbocycles. The minimum atomic E-state index is -4.75. The maximum atomic E-state index is 14.0. The van der Waals surface area contributed by atoms with Crippen LogP contribution in [-0.4, -0.2) is 18.4 Å². The largest absolute Gasteiger partial charge is 0.417 e. The van der Waals surface area contributed by atoms with Crippen LogP contribution in [0.1, 0.15) is 27.9 Å². The molecule has 8 heteroatoms. The number of hydrogen-bond donors (Lipinski definition) is 0. The number of anilines is 1. The molecule has 2 aromatic carbocycles. The van der Waals surface area contributed by atoms with E-state index in [2.05, 4.69) is 15.9 Å². The van der Waals surface area contributed by atoms with Crippen molar-refractivity contribution in [3.8, 4) is 0 Å².